The van der Waals surface area contributed by atoms with Crippen LogP contribution in [0.3, 0.4) is 0 Å². The number of fused-ring (bicyclic) bond motifs is 1. The molecule has 1 aromatic heterocycles. The van der Waals surface area contributed by atoms with Gasteiger partial charge >= 0.3 is 14.2 Å². The van der Waals surface area contributed by atoms with Gasteiger partial charge in [0, 0.05) is 10.9 Å². The Morgan fingerprint density at radius 3 is 1.31 bits per heavy atom. The number of nitrogens with zero attached hydrogens (tertiary/aromatic N) is 2. The van der Waals surface area contributed by atoms with Crippen LogP contribution in [0, 0.1) is 0 Å². The van der Waals surface area contributed by atoms with Crippen molar-refractivity contribution in [2.45, 2.75) is 77.8 Å². The Hall–Kier alpha value is -1.07. The fourth-order valence-electron chi connectivity index (χ4n) is 2.28. The van der Waals surface area contributed by atoms with Crippen LogP contribution < -0.4 is 10.9 Å². The van der Waals surface area contributed by atoms with Gasteiger partial charge in [-0.25, -0.2) is 0 Å². The van der Waals surface area contributed by atoms with E-state index in [4.69, 9.17) is 9.31 Å². The minimum Gasteiger partial charge on any atom is -0.423 e. The van der Waals surface area contributed by atoms with Gasteiger partial charge in [0.2, 0.25) is 0 Å². The van der Waals surface area contributed by atoms with Crippen LogP contribution in [0.15, 0.2) is 12.1 Å². The number of aliphatic hydroxyl groups is 2. The van der Waals surface area contributed by atoms with E-state index in [-0.39, 0.29) is 0 Å². The quantitative estimate of drug-likeness (QED) is 0.443. The minimum atomic E-state index is -1.36. The van der Waals surface area contributed by atoms with Crippen LogP contribution in [0.5, 0.6) is 0 Å². The van der Waals surface area contributed by atoms with E-state index in [9.17, 15) is 20.3 Å². The van der Waals surface area contributed by atoms with Gasteiger partial charge in [-0.1, -0.05) is 12.1 Å². The van der Waals surface area contributed by atoms with Crippen molar-refractivity contribution in [3.63, 3.8) is 0 Å². The summed E-state index contributed by atoms with van der Waals surface area (Å²) in [5, 5.41) is 41.8. The summed E-state index contributed by atoms with van der Waals surface area (Å²) in [7, 11) is -2.72. The summed E-state index contributed by atoms with van der Waals surface area (Å²) >= 11 is 0.931. The molecule has 0 amide bonds. The van der Waals surface area contributed by atoms with Gasteiger partial charge in [-0.05, 0) is 55.4 Å². The predicted molar refractivity (Wildman–Crippen MR) is 116 cm³/mol. The van der Waals surface area contributed by atoms with E-state index in [1.54, 1.807) is 67.5 Å². The first-order valence-corrected chi connectivity index (χ1v) is 10.1. The Balaban J connectivity index is 2.37. The second kappa shape index (κ2) is 7.88. The third-order valence-corrected chi connectivity index (χ3v) is 6.30. The van der Waals surface area contributed by atoms with Crippen LogP contribution >= 0.6 is 11.7 Å². The molecule has 8 nitrogen and oxygen atoms in total. The van der Waals surface area contributed by atoms with Crippen molar-refractivity contribution in [3.8, 4) is 0 Å². The maximum atomic E-state index is 10.6. The highest BCUT2D eigenvalue weighted by atomic mass is 32.1. The summed E-state index contributed by atoms with van der Waals surface area (Å²) in [5.74, 6) is 0. The topological polar surface area (TPSA) is 125 Å². The summed E-state index contributed by atoms with van der Waals surface area (Å²) < 4.78 is 19.9. The maximum Gasteiger partial charge on any atom is 0.493 e. The molecule has 11 heteroatoms. The molecule has 0 saturated heterocycles. The lowest BCUT2D eigenvalue weighted by molar-refractivity contribution is -0.0983. The molecular weight excluding hydrogens is 394 g/mol. The molecule has 0 radical (unpaired) electrons. The average Bonchev–Trinajstić information content (AvgIpc) is 2.99. The van der Waals surface area contributed by atoms with Crippen molar-refractivity contribution in [2.24, 2.45) is 0 Å². The lowest BCUT2D eigenvalue weighted by Gasteiger charge is -2.38. The smallest absolute Gasteiger partial charge is 0.423 e. The lowest BCUT2D eigenvalue weighted by Crippen LogP contribution is -2.54. The molecule has 1 heterocycles. The van der Waals surface area contributed by atoms with Gasteiger partial charge in [0.05, 0.1) is 34.1 Å². The van der Waals surface area contributed by atoms with E-state index in [1.165, 1.54) is 0 Å². The van der Waals surface area contributed by atoms with Crippen molar-refractivity contribution in [1.82, 2.24) is 8.75 Å². The van der Waals surface area contributed by atoms with Gasteiger partial charge < -0.3 is 29.6 Å². The van der Waals surface area contributed by atoms with E-state index in [0.29, 0.717) is 22.0 Å². The molecule has 0 aliphatic rings. The van der Waals surface area contributed by atoms with E-state index >= 15 is 0 Å². The molecule has 2 rings (SSSR count). The Morgan fingerprint density at radius 1 is 0.724 bits per heavy atom. The van der Waals surface area contributed by atoms with Gasteiger partial charge in [0.25, 0.3) is 0 Å². The number of benzene rings is 1. The molecule has 0 aliphatic carbocycles. The van der Waals surface area contributed by atoms with E-state index in [2.05, 4.69) is 8.75 Å². The van der Waals surface area contributed by atoms with Gasteiger partial charge in [0.1, 0.15) is 11.0 Å². The fourth-order valence-corrected chi connectivity index (χ4v) is 2.86. The summed E-state index contributed by atoms with van der Waals surface area (Å²) in [6.07, 6.45) is 0. The molecule has 29 heavy (non-hydrogen) atoms. The predicted octanol–water partition coefficient (Wildman–Crippen LogP) is 0.198. The second-order valence-electron chi connectivity index (χ2n) is 9.28. The van der Waals surface area contributed by atoms with Crippen LogP contribution in [0.1, 0.15) is 55.4 Å². The highest BCUT2D eigenvalue weighted by Gasteiger charge is 2.42. The van der Waals surface area contributed by atoms with Crippen LogP contribution in [0.2, 0.25) is 0 Å². The third kappa shape index (κ3) is 4.99. The Labute approximate surface area is 176 Å². The molecule has 0 spiro atoms. The van der Waals surface area contributed by atoms with Crippen molar-refractivity contribution in [1.29, 1.82) is 0 Å². The molecule has 160 valence electrons. The molecule has 0 bridgehead atoms. The monoisotopic (exact) mass is 424 g/mol. The standard InChI is InChI=1S/C18H30B2N2O6S/c1-15(2,23)17(5,6)27-19(25)11-9-10-12(14-13(11)21-29-22-14)20(26)28-18(7,8)16(3,4)24/h9-10,23-26H,1-8H3. The van der Waals surface area contributed by atoms with E-state index < -0.39 is 36.6 Å². The largest absolute Gasteiger partial charge is 0.493 e. The molecular formula is C18H30B2N2O6S. The van der Waals surface area contributed by atoms with Gasteiger partial charge in [0.15, 0.2) is 0 Å². The first-order valence-electron chi connectivity index (χ1n) is 9.39. The van der Waals surface area contributed by atoms with Crippen molar-refractivity contribution in [3.05, 3.63) is 12.1 Å². The molecule has 0 saturated carbocycles. The van der Waals surface area contributed by atoms with Crippen LogP contribution in [0.4, 0.5) is 0 Å². The van der Waals surface area contributed by atoms with Gasteiger partial charge in [-0.3, -0.25) is 0 Å². The molecule has 0 atom stereocenters. The minimum absolute atomic E-state index is 0.365. The number of hydrogen-bond acceptors (Lipinski definition) is 9. The lowest BCUT2D eigenvalue weighted by atomic mass is 9.71. The highest BCUT2D eigenvalue weighted by molar-refractivity contribution is 7.00. The fraction of sp³-hybridized carbons (Fsp3) is 0.667. The second-order valence-corrected chi connectivity index (χ2v) is 9.81. The van der Waals surface area contributed by atoms with Crippen LogP contribution in [-0.2, 0) is 9.31 Å². The first-order chi connectivity index (χ1) is 13.0. The third-order valence-electron chi connectivity index (χ3n) is 5.77. The summed E-state index contributed by atoms with van der Waals surface area (Å²) in [6.45, 7) is 13.1. The van der Waals surface area contributed by atoms with Crippen LogP contribution in [0.25, 0.3) is 11.0 Å². The zero-order valence-corrected chi connectivity index (χ0v) is 19.0. The molecule has 0 unspecified atom stereocenters. The highest BCUT2D eigenvalue weighted by Crippen LogP contribution is 2.27. The molecule has 0 fully saturated rings. The van der Waals surface area contributed by atoms with Crippen molar-refractivity contribution < 1.29 is 29.6 Å². The van der Waals surface area contributed by atoms with Crippen molar-refractivity contribution in [2.75, 3.05) is 0 Å². The van der Waals surface area contributed by atoms with Crippen molar-refractivity contribution >= 4 is 47.9 Å². The SMILES string of the molecule is CC(C)(O)C(C)(C)OB(O)c1ccc(B(O)OC(C)(C)C(C)(C)O)c2nsnc12. The molecule has 0 aliphatic heterocycles. The Morgan fingerprint density at radius 2 is 1.03 bits per heavy atom. The summed E-state index contributed by atoms with van der Waals surface area (Å²) in [4.78, 5) is 0. The van der Waals surface area contributed by atoms with E-state index in [0.717, 1.165) is 11.7 Å². The zero-order valence-electron chi connectivity index (χ0n) is 18.2. The Kier molecular flexibility index (Phi) is 6.58. The maximum absolute atomic E-state index is 10.6. The van der Waals surface area contributed by atoms with Crippen LogP contribution in [-0.4, -0.2) is 65.6 Å². The summed E-state index contributed by atoms with van der Waals surface area (Å²) in [5.41, 5.74) is -3.00. The number of rotatable bonds is 8. The van der Waals surface area contributed by atoms with E-state index in [1.807, 2.05) is 0 Å². The average molecular weight is 424 g/mol. The molecule has 4 N–H and O–H groups in total. The van der Waals surface area contributed by atoms with Gasteiger partial charge in [-0.2, -0.15) is 8.75 Å². The molecule has 2 aromatic rings. The Bertz CT molecular complexity index is 792. The first kappa shape index (κ1) is 24.2. The normalized spacial score (nSPS) is 13.8. The zero-order chi connectivity index (χ0) is 22.4. The molecule has 1 aromatic carbocycles. The summed E-state index contributed by atoms with van der Waals surface area (Å²) in [6, 6.07) is 3.15. The number of hydrogen-bond donors (Lipinski definition) is 4. The van der Waals surface area contributed by atoms with Gasteiger partial charge in [-0.15, -0.1) is 0 Å². The number of aromatic nitrogens is 2.